The average Bonchev–Trinajstić information content (AvgIpc) is 2.63. The van der Waals surface area contributed by atoms with Gasteiger partial charge in [0, 0.05) is 25.8 Å². The highest BCUT2D eigenvalue weighted by Crippen LogP contribution is 2.07. The number of hydrogen-bond acceptors (Lipinski definition) is 2. The number of nitrogens with one attached hydrogen (secondary N) is 1. The Bertz CT molecular complexity index is 565. The third kappa shape index (κ3) is 7.23. The van der Waals surface area contributed by atoms with Gasteiger partial charge in [-0.25, -0.2) is 0 Å². The minimum Gasteiger partial charge on any atom is -0.352 e. The number of ketones is 1. The third-order valence-corrected chi connectivity index (χ3v) is 3.98. The van der Waals surface area contributed by atoms with Gasteiger partial charge in [0.15, 0.2) is 0 Å². The highest BCUT2D eigenvalue weighted by molar-refractivity contribution is 5.79. The maximum absolute atomic E-state index is 11.9. The molecule has 126 valence electrons. The predicted octanol–water partition coefficient (Wildman–Crippen LogP) is 4.07. The van der Waals surface area contributed by atoms with Crippen LogP contribution >= 0.6 is 0 Å². The van der Waals surface area contributed by atoms with Gasteiger partial charge in [0.1, 0.15) is 5.78 Å². The van der Waals surface area contributed by atoms with Crippen molar-refractivity contribution < 1.29 is 9.59 Å². The molecule has 0 aliphatic carbocycles. The Morgan fingerprint density at radius 3 is 1.96 bits per heavy atom. The monoisotopic (exact) mass is 323 g/mol. The van der Waals surface area contributed by atoms with Crippen LogP contribution in [-0.4, -0.2) is 11.7 Å². The van der Waals surface area contributed by atoms with Crippen LogP contribution < -0.4 is 5.32 Å². The van der Waals surface area contributed by atoms with Crippen LogP contribution in [0.25, 0.3) is 0 Å². The Morgan fingerprint density at radius 1 is 0.708 bits per heavy atom. The summed E-state index contributed by atoms with van der Waals surface area (Å²) in [5.74, 6) is 0.333. The molecule has 0 heterocycles. The van der Waals surface area contributed by atoms with Crippen LogP contribution in [-0.2, 0) is 22.6 Å². The van der Waals surface area contributed by atoms with Crippen molar-refractivity contribution in [2.45, 2.75) is 45.1 Å². The van der Waals surface area contributed by atoms with Crippen molar-refractivity contribution in [3.8, 4) is 0 Å². The molecular formula is C21H25NO2. The Morgan fingerprint density at radius 2 is 1.29 bits per heavy atom. The van der Waals surface area contributed by atoms with E-state index in [0.717, 1.165) is 24.8 Å². The Hall–Kier alpha value is -2.42. The van der Waals surface area contributed by atoms with Crippen LogP contribution in [0.15, 0.2) is 60.7 Å². The molecule has 2 aromatic rings. The Labute approximate surface area is 144 Å². The highest BCUT2D eigenvalue weighted by atomic mass is 16.1. The summed E-state index contributed by atoms with van der Waals surface area (Å²) >= 11 is 0. The van der Waals surface area contributed by atoms with Crippen molar-refractivity contribution in [1.29, 1.82) is 0 Å². The Balaban J connectivity index is 1.52. The van der Waals surface area contributed by atoms with Crippen molar-refractivity contribution in [2.24, 2.45) is 0 Å². The molecule has 0 unspecified atom stereocenters. The van der Waals surface area contributed by atoms with Gasteiger partial charge in [0.05, 0.1) is 0 Å². The van der Waals surface area contributed by atoms with E-state index in [-0.39, 0.29) is 11.7 Å². The molecule has 0 saturated heterocycles. The lowest BCUT2D eigenvalue weighted by Gasteiger charge is -2.05. The number of amides is 1. The van der Waals surface area contributed by atoms with Gasteiger partial charge in [-0.2, -0.15) is 0 Å². The number of benzene rings is 2. The normalized spacial score (nSPS) is 10.3. The van der Waals surface area contributed by atoms with Crippen molar-refractivity contribution in [3.63, 3.8) is 0 Å². The van der Waals surface area contributed by atoms with E-state index in [9.17, 15) is 9.59 Å². The molecule has 1 N–H and O–H groups in total. The highest BCUT2D eigenvalue weighted by Gasteiger charge is 2.05. The van der Waals surface area contributed by atoms with Crippen molar-refractivity contribution in [2.75, 3.05) is 0 Å². The molecule has 0 fully saturated rings. The van der Waals surface area contributed by atoms with E-state index in [2.05, 4.69) is 5.32 Å². The molecule has 0 aliphatic rings. The number of carbonyl (C=O) groups is 2. The quantitative estimate of drug-likeness (QED) is 0.670. The summed E-state index contributed by atoms with van der Waals surface area (Å²) in [6.07, 6.45) is 3.99. The number of Topliss-reactive ketones (excluding diaryl/α,β-unsaturated/α-hetero) is 1. The molecule has 0 spiro atoms. The molecule has 24 heavy (non-hydrogen) atoms. The van der Waals surface area contributed by atoms with Crippen LogP contribution in [0, 0.1) is 0 Å². The molecule has 2 rings (SSSR count). The number of rotatable bonds is 10. The molecule has 0 radical (unpaired) electrons. The van der Waals surface area contributed by atoms with E-state index in [0.29, 0.717) is 25.8 Å². The minimum atomic E-state index is 0.0515. The van der Waals surface area contributed by atoms with Gasteiger partial charge in [0.25, 0.3) is 0 Å². The first-order chi connectivity index (χ1) is 11.7. The second kappa shape index (κ2) is 10.4. The van der Waals surface area contributed by atoms with Crippen LogP contribution in [0.1, 0.15) is 43.2 Å². The first kappa shape index (κ1) is 17.9. The van der Waals surface area contributed by atoms with Gasteiger partial charge >= 0.3 is 0 Å². The zero-order chi connectivity index (χ0) is 17.0. The van der Waals surface area contributed by atoms with E-state index >= 15 is 0 Å². The first-order valence-corrected chi connectivity index (χ1v) is 8.60. The van der Waals surface area contributed by atoms with Crippen LogP contribution in [0.2, 0.25) is 0 Å². The summed E-state index contributed by atoms with van der Waals surface area (Å²) in [5.41, 5.74) is 2.30. The molecule has 0 bridgehead atoms. The minimum absolute atomic E-state index is 0.0515. The fourth-order valence-electron chi connectivity index (χ4n) is 2.55. The fourth-order valence-corrected chi connectivity index (χ4v) is 2.55. The van der Waals surface area contributed by atoms with Crippen molar-refractivity contribution >= 4 is 11.7 Å². The predicted molar refractivity (Wildman–Crippen MR) is 96.5 cm³/mol. The number of hydrogen-bond donors (Lipinski definition) is 1. The largest absolute Gasteiger partial charge is 0.352 e. The van der Waals surface area contributed by atoms with E-state index < -0.39 is 0 Å². The second-order valence-electron chi connectivity index (χ2n) is 5.99. The van der Waals surface area contributed by atoms with E-state index in [1.165, 1.54) is 5.56 Å². The summed E-state index contributed by atoms with van der Waals surface area (Å²) in [6, 6.07) is 19.9. The van der Waals surface area contributed by atoms with Crippen LogP contribution in [0.5, 0.6) is 0 Å². The number of carbonyl (C=O) groups excluding carboxylic acids is 2. The van der Waals surface area contributed by atoms with Gasteiger partial charge in [0.2, 0.25) is 5.91 Å². The molecule has 2 aromatic carbocycles. The van der Waals surface area contributed by atoms with Gasteiger partial charge in [-0.05, 0) is 30.4 Å². The molecule has 3 nitrogen and oxygen atoms in total. The second-order valence-corrected chi connectivity index (χ2v) is 5.99. The van der Waals surface area contributed by atoms with E-state index in [4.69, 9.17) is 0 Å². The Kier molecular flexibility index (Phi) is 7.75. The molecular weight excluding hydrogens is 298 g/mol. The van der Waals surface area contributed by atoms with Gasteiger partial charge in [-0.15, -0.1) is 0 Å². The topological polar surface area (TPSA) is 46.2 Å². The van der Waals surface area contributed by atoms with Crippen LogP contribution in [0.4, 0.5) is 0 Å². The molecule has 0 atom stereocenters. The maximum atomic E-state index is 11.9. The van der Waals surface area contributed by atoms with E-state index in [1.807, 2.05) is 60.7 Å². The molecule has 0 saturated carbocycles. The third-order valence-electron chi connectivity index (χ3n) is 3.98. The standard InChI is InChI=1S/C21H25NO2/c23-20(16-15-18-9-3-1-4-10-18)13-7-8-14-21(24)22-17-19-11-5-2-6-12-19/h1-6,9-12H,7-8,13-17H2,(H,22,24). The zero-order valence-electron chi connectivity index (χ0n) is 14.0. The summed E-state index contributed by atoms with van der Waals surface area (Å²) in [7, 11) is 0. The van der Waals surface area contributed by atoms with E-state index in [1.54, 1.807) is 0 Å². The molecule has 1 amide bonds. The van der Waals surface area contributed by atoms with Crippen molar-refractivity contribution in [3.05, 3.63) is 71.8 Å². The number of unbranched alkanes of at least 4 members (excludes halogenated alkanes) is 1. The SMILES string of the molecule is O=C(CCCCC(=O)NCc1ccccc1)CCc1ccccc1. The smallest absolute Gasteiger partial charge is 0.220 e. The fraction of sp³-hybridized carbons (Fsp3) is 0.333. The summed E-state index contributed by atoms with van der Waals surface area (Å²) in [6.45, 7) is 0.565. The molecule has 0 aromatic heterocycles. The van der Waals surface area contributed by atoms with Gasteiger partial charge < -0.3 is 5.32 Å². The number of aryl methyl sites for hydroxylation is 1. The first-order valence-electron chi connectivity index (χ1n) is 8.60. The van der Waals surface area contributed by atoms with Crippen LogP contribution in [0.3, 0.4) is 0 Å². The van der Waals surface area contributed by atoms with Gasteiger partial charge in [-0.3, -0.25) is 9.59 Å². The lowest BCUT2D eigenvalue weighted by atomic mass is 10.0. The average molecular weight is 323 g/mol. The molecule has 0 aliphatic heterocycles. The summed E-state index contributed by atoms with van der Waals surface area (Å²) < 4.78 is 0. The molecule has 3 heteroatoms. The maximum Gasteiger partial charge on any atom is 0.220 e. The van der Waals surface area contributed by atoms with Gasteiger partial charge in [-0.1, -0.05) is 60.7 Å². The summed E-state index contributed by atoms with van der Waals surface area (Å²) in [5, 5.41) is 2.91. The van der Waals surface area contributed by atoms with Crippen molar-refractivity contribution in [1.82, 2.24) is 5.32 Å². The lowest BCUT2D eigenvalue weighted by molar-refractivity contribution is -0.122. The lowest BCUT2D eigenvalue weighted by Crippen LogP contribution is -2.22. The zero-order valence-corrected chi connectivity index (χ0v) is 14.0. The summed E-state index contributed by atoms with van der Waals surface area (Å²) in [4.78, 5) is 23.6.